The molecule has 0 atom stereocenters. The van der Waals surface area contributed by atoms with Crippen LogP contribution >= 0.6 is 0 Å². The van der Waals surface area contributed by atoms with Crippen LogP contribution in [-0.4, -0.2) is 17.4 Å². The molecule has 0 saturated heterocycles. The first-order valence-electron chi connectivity index (χ1n) is 7.69. The first kappa shape index (κ1) is 15.8. The smallest absolute Gasteiger partial charge is 0.292 e. The van der Waals surface area contributed by atoms with Crippen molar-refractivity contribution in [1.29, 1.82) is 0 Å². The quantitative estimate of drug-likeness (QED) is 0.579. The Morgan fingerprint density at radius 1 is 1.25 bits per heavy atom. The zero-order valence-corrected chi connectivity index (χ0v) is 13.3. The van der Waals surface area contributed by atoms with Gasteiger partial charge in [-0.2, -0.15) is 0 Å². The molecule has 3 N–H and O–H groups in total. The fourth-order valence-electron chi connectivity index (χ4n) is 2.83. The van der Waals surface area contributed by atoms with Crippen LogP contribution in [0.2, 0.25) is 0 Å². The predicted octanol–water partition coefficient (Wildman–Crippen LogP) is 3.13. The third kappa shape index (κ3) is 3.29. The molecule has 24 heavy (non-hydrogen) atoms. The molecular weight excluding hydrogens is 308 g/mol. The average Bonchev–Trinajstić information content (AvgIpc) is 3.02. The SMILES string of the molecule is CC(=O)Nc1ccc(CNc2c([N+](=O)[O-])ccc3c2CCN3)cc1. The molecule has 1 aliphatic rings. The maximum absolute atomic E-state index is 11.3. The molecule has 124 valence electrons. The highest BCUT2D eigenvalue weighted by molar-refractivity contribution is 5.88. The zero-order valence-electron chi connectivity index (χ0n) is 13.3. The van der Waals surface area contributed by atoms with Gasteiger partial charge in [0, 0.05) is 43.0 Å². The van der Waals surface area contributed by atoms with Crippen LogP contribution in [0.15, 0.2) is 36.4 Å². The molecule has 0 aliphatic carbocycles. The van der Waals surface area contributed by atoms with Crippen molar-refractivity contribution in [3.8, 4) is 0 Å². The lowest BCUT2D eigenvalue weighted by Crippen LogP contribution is -2.07. The molecule has 2 aromatic carbocycles. The first-order valence-corrected chi connectivity index (χ1v) is 7.69. The lowest BCUT2D eigenvalue weighted by molar-refractivity contribution is -0.384. The van der Waals surface area contributed by atoms with E-state index in [2.05, 4.69) is 16.0 Å². The van der Waals surface area contributed by atoms with E-state index >= 15 is 0 Å². The van der Waals surface area contributed by atoms with Crippen molar-refractivity contribution in [3.05, 3.63) is 57.6 Å². The second kappa shape index (κ2) is 6.57. The Kier molecular flexibility index (Phi) is 4.33. The Bertz CT molecular complexity index is 787. The Hall–Kier alpha value is -3.09. The molecule has 0 saturated carbocycles. The molecule has 0 bridgehead atoms. The molecule has 0 aromatic heterocycles. The molecule has 1 heterocycles. The number of nitro benzene ring substituents is 1. The summed E-state index contributed by atoms with van der Waals surface area (Å²) in [5, 5.41) is 20.4. The lowest BCUT2D eigenvalue weighted by atomic mass is 10.1. The molecule has 2 aromatic rings. The van der Waals surface area contributed by atoms with Gasteiger partial charge in [0.05, 0.1) is 4.92 Å². The number of amides is 1. The van der Waals surface area contributed by atoms with E-state index in [4.69, 9.17) is 0 Å². The highest BCUT2D eigenvalue weighted by atomic mass is 16.6. The molecule has 0 fully saturated rings. The minimum atomic E-state index is -0.360. The molecule has 7 nitrogen and oxygen atoms in total. The number of fused-ring (bicyclic) bond motifs is 1. The fourth-order valence-corrected chi connectivity index (χ4v) is 2.83. The Balaban J connectivity index is 1.78. The molecular formula is C17H18N4O3. The van der Waals surface area contributed by atoms with E-state index in [1.54, 1.807) is 6.07 Å². The summed E-state index contributed by atoms with van der Waals surface area (Å²) in [5.41, 5.74) is 4.27. The van der Waals surface area contributed by atoms with Crippen molar-refractivity contribution in [3.63, 3.8) is 0 Å². The largest absolute Gasteiger partial charge is 0.384 e. The summed E-state index contributed by atoms with van der Waals surface area (Å²) < 4.78 is 0. The maximum Gasteiger partial charge on any atom is 0.292 e. The Morgan fingerprint density at radius 2 is 2.00 bits per heavy atom. The zero-order chi connectivity index (χ0) is 17.1. The van der Waals surface area contributed by atoms with Crippen LogP contribution in [-0.2, 0) is 17.8 Å². The standard InChI is InChI=1S/C17H18N4O3/c1-11(22)20-13-4-2-12(3-5-13)10-19-17-14-8-9-18-15(14)6-7-16(17)21(23)24/h2-7,18-19H,8-10H2,1H3,(H,20,22). The molecule has 7 heteroatoms. The summed E-state index contributed by atoms with van der Waals surface area (Å²) in [4.78, 5) is 22.0. The van der Waals surface area contributed by atoms with Crippen LogP contribution in [0.25, 0.3) is 0 Å². The van der Waals surface area contributed by atoms with Crippen molar-refractivity contribution in [2.45, 2.75) is 19.9 Å². The lowest BCUT2D eigenvalue weighted by Gasteiger charge is -2.12. The molecule has 1 aliphatic heterocycles. The van der Waals surface area contributed by atoms with Crippen LogP contribution in [0.4, 0.5) is 22.7 Å². The van der Waals surface area contributed by atoms with E-state index in [9.17, 15) is 14.9 Å². The maximum atomic E-state index is 11.3. The molecule has 0 unspecified atom stereocenters. The topological polar surface area (TPSA) is 96.3 Å². The van der Waals surface area contributed by atoms with Crippen molar-refractivity contribution in [2.24, 2.45) is 0 Å². The second-order valence-electron chi connectivity index (χ2n) is 5.65. The van der Waals surface area contributed by atoms with Gasteiger partial charge in [0.25, 0.3) is 5.69 Å². The van der Waals surface area contributed by atoms with Crippen LogP contribution in [0.5, 0.6) is 0 Å². The summed E-state index contributed by atoms with van der Waals surface area (Å²) in [6.07, 6.45) is 0.765. The van der Waals surface area contributed by atoms with Crippen LogP contribution in [0.1, 0.15) is 18.1 Å². The van der Waals surface area contributed by atoms with Crippen molar-refractivity contribution in [1.82, 2.24) is 0 Å². The van der Waals surface area contributed by atoms with Crippen molar-refractivity contribution >= 4 is 28.7 Å². The first-order chi connectivity index (χ1) is 11.5. The second-order valence-corrected chi connectivity index (χ2v) is 5.65. The molecule has 0 spiro atoms. The number of nitrogens with one attached hydrogen (secondary N) is 3. The van der Waals surface area contributed by atoms with Gasteiger partial charge >= 0.3 is 0 Å². The van der Waals surface area contributed by atoms with E-state index < -0.39 is 0 Å². The number of hydrogen-bond acceptors (Lipinski definition) is 5. The number of hydrogen-bond donors (Lipinski definition) is 3. The molecule has 0 radical (unpaired) electrons. The van der Waals surface area contributed by atoms with E-state index in [-0.39, 0.29) is 16.5 Å². The molecule has 3 rings (SSSR count). The number of rotatable bonds is 5. The number of benzene rings is 2. The summed E-state index contributed by atoms with van der Waals surface area (Å²) in [5.74, 6) is -0.121. The third-order valence-corrected chi connectivity index (χ3v) is 3.92. The highest BCUT2D eigenvalue weighted by Gasteiger charge is 2.23. The number of carbonyl (C=O) groups is 1. The van der Waals surface area contributed by atoms with Gasteiger partial charge in [-0.1, -0.05) is 12.1 Å². The Labute approximate surface area is 139 Å². The number of nitrogens with zero attached hydrogens (tertiary/aromatic N) is 1. The van der Waals surface area contributed by atoms with Gasteiger partial charge in [-0.15, -0.1) is 0 Å². The van der Waals surface area contributed by atoms with Crippen molar-refractivity contribution < 1.29 is 9.72 Å². The monoisotopic (exact) mass is 326 g/mol. The van der Waals surface area contributed by atoms with Gasteiger partial charge in [-0.3, -0.25) is 14.9 Å². The van der Waals surface area contributed by atoms with Crippen LogP contribution in [0, 0.1) is 10.1 Å². The van der Waals surface area contributed by atoms with E-state index in [0.717, 1.165) is 35.5 Å². The van der Waals surface area contributed by atoms with Gasteiger partial charge < -0.3 is 16.0 Å². The van der Waals surface area contributed by atoms with Gasteiger partial charge in [0.1, 0.15) is 5.69 Å². The minimum Gasteiger partial charge on any atom is -0.384 e. The van der Waals surface area contributed by atoms with E-state index in [1.165, 1.54) is 13.0 Å². The van der Waals surface area contributed by atoms with Crippen LogP contribution < -0.4 is 16.0 Å². The number of carbonyl (C=O) groups excluding carboxylic acids is 1. The summed E-state index contributed by atoms with van der Waals surface area (Å²) in [7, 11) is 0. The average molecular weight is 326 g/mol. The van der Waals surface area contributed by atoms with Gasteiger partial charge in [-0.05, 0) is 30.2 Å². The van der Waals surface area contributed by atoms with Crippen LogP contribution in [0.3, 0.4) is 0 Å². The van der Waals surface area contributed by atoms with Crippen molar-refractivity contribution in [2.75, 3.05) is 22.5 Å². The Morgan fingerprint density at radius 3 is 2.67 bits per heavy atom. The van der Waals surface area contributed by atoms with E-state index in [1.807, 2.05) is 24.3 Å². The predicted molar refractivity (Wildman–Crippen MR) is 93.4 cm³/mol. The summed E-state index contributed by atoms with van der Waals surface area (Å²) in [6.45, 7) is 2.72. The fraction of sp³-hybridized carbons (Fsp3) is 0.235. The third-order valence-electron chi connectivity index (χ3n) is 3.92. The summed E-state index contributed by atoms with van der Waals surface area (Å²) >= 11 is 0. The number of nitro groups is 1. The number of anilines is 3. The van der Waals surface area contributed by atoms with E-state index in [0.29, 0.717) is 12.2 Å². The molecule has 1 amide bonds. The minimum absolute atomic E-state index is 0.0901. The van der Waals surface area contributed by atoms with Gasteiger partial charge in [-0.25, -0.2) is 0 Å². The van der Waals surface area contributed by atoms with Gasteiger partial charge in [0.15, 0.2) is 0 Å². The summed E-state index contributed by atoms with van der Waals surface area (Å²) in [6, 6.07) is 10.7. The normalized spacial score (nSPS) is 12.2. The highest BCUT2D eigenvalue weighted by Crippen LogP contribution is 2.37. The van der Waals surface area contributed by atoms with Gasteiger partial charge in [0.2, 0.25) is 5.91 Å².